The zero-order chi connectivity index (χ0) is 14.5. The average Bonchev–Trinajstić information content (AvgIpc) is 2.45. The van der Waals surface area contributed by atoms with Crippen molar-refractivity contribution in [3.8, 4) is 0 Å². The molecule has 0 unspecified atom stereocenters. The Morgan fingerprint density at radius 1 is 1.25 bits per heavy atom. The van der Waals surface area contributed by atoms with E-state index in [0.717, 1.165) is 5.56 Å². The summed E-state index contributed by atoms with van der Waals surface area (Å²) in [4.78, 5) is 26.8. The number of amides is 1. The van der Waals surface area contributed by atoms with Gasteiger partial charge in [-0.2, -0.15) is 0 Å². The summed E-state index contributed by atoms with van der Waals surface area (Å²) in [7, 11) is 0. The zero-order valence-electron chi connectivity index (χ0n) is 10.3. The zero-order valence-corrected chi connectivity index (χ0v) is 11.1. The first kappa shape index (κ1) is 14.0. The molecule has 0 fully saturated rings. The van der Waals surface area contributed by atoms with Gasteiger partial charge < -0.3 is 10.4 Å². The van der Waals surface area contributed by atoms with Gasteiger partial charge in [-0.1, -0.05) is 23.7 Å². The minimum atomic E-state index is -1.19. The molecule has 2 N–H and O–H groups in total. The van der Waals surface area contributed by atoms with Gasteiger partial charge in [-0.15, -0.1) is 0 Å². The molecule has 0 saturated carbocycles. The summed E-state index contributed by atoms with van der Waals surface area (Å²) in [6.45, 7) is 0.245. The number of benzene rings is 1. The number of hydrogen-bond donors (Lipinski definition) is 2. The monoisotopic (exact) mass is 290 g/mol. The molecule has 2 rings (SSSR count). The van der Waals surface area contributed by atoms with E-state index in [4.69, 9.17) is 16.7 Å². The Bertz CT molecular complexity index is 658. The number of pyridine rings is 1. The van der Waals surface area contributed by atoms with E-state index in [1.807, 2.05) is 6.07 Å². The van der Waals surface area contributed by atoms with Crippen LogP contribution in [-0.2, 0) is 6.54 Å². The van der Waals surface area contributed by atoms with Gasteiger partial charge in [0.25, 0.3) is 5.91 Å². The van der Waals surface area contributed by atoms with E-state index in [9.17, 15) is 9.59 Å². The predicted molar refractivity (Wildman–Crippen MR) is 73.8 cm³/mol. The summed E-state index contributed by atoms with van der Waals surface area (Å²) in [5.74, 6) is -1.73. The van der Waals surface area contributed by atoms with Crippen LogP contribution in [0.25, 0.3) is 0 Å². The van der Waals surface area contributed by atoms with E-state index in [1.54, 1.807) is 18.2 Å². The molecular weight excluding hydrogens is 280 g/mol. The third kappa shape index (κ3) is 3.33. The second-order valence-corrected chi connectivity index (χ2v) is 4.45. The predicted octanol–water partition coefficient (Wildman–Crippen LogP) is 2.36. The molecule has 0 spiro atoms. The largest absolute Gasteiger partial charge is 0.478 e. The topological polar surface area (TPSA) is 79.3 Å². The lowest BCUT2D eigenvalue weighted by Gasteiger charge is -2.07. The van der Waals surface area contributed by atoms with Crippen LogP contribution in [0.5, 0.6) is 0 Å². The molecule has 5 nitrogen and oxygen atoms in total. The van der Waals surface area contributed by atoms with E-state index < -0.39 is 11.9 Å². The molecule has 0 saturated heterocycles. The molecule has 0 aliphatic heterocycles. The normalized spacial score (nSPS) is 10.1. The fraction of sp³-hybridized carbons (Fsp3) is 0.0714. The van der Waals surface area contributed by atoms with Crippen molar-refractivity contribution in [1.82, 2.24) is 10.3 Å². The van der Waals surface area contributed by atoms with Gasteiger partial charge >= 0.3 is 5.97 Å². The van der Waals surface area contributed by atoms with Gasteiger partial charge in [-0.3, -0.25) is 9.78 Å². The van der Waals surface area contributed by atoms with Crippen molar-refractivity contribution >= 4 is 23.5 Å². The smallest absolute Gasteiger partial charge is 0.338 e. The number of carbonyl (C=O) groups excluding carboxylic acids is 1. The minimum absolute atomic E-state index is 0.109. The maximum atomic E-state index is 12.0. The first-order chi connectivity index (χ1) is 9.58. The molecule has 2 aromatic rings. The Balaban J connectivity index is 2.11. The van der Waals surface area contributed by atoms with E-state index in [0.29, 0.717) is 5.02 Å². The summed E-state index contributed by atoms with van der Waals surface area (Å²) >= 11 is 5.84. The lowest BCUT2D eigenvalue weighted by Crippen LogP contribution is -2.26. The number of aromatic carboxylic acids is 1. The average molecular weight is 291 g/mol. The fourth-order valence-electron chi connectivity index (χ4n) is 1.67. The number of hydrogen-bond acceptors (Lipinski definition) is 3. The summed E-state index contributed by atoms with van der Waals surface area (Å²) in [6.07, 6.45) is 1.38. The molecule has 1 amide bonds. The van der Waals surface area contributed by atoms with Gasteiger partial charge in [0.15, 0.2) is 0 Å². The van der Waals surface area contributed by atoms with Crippen molar-refractivity contribution in [2.75, 3.05) is 0 Å². The maximum Gasteiger partial charge on any atom is 0.338 e. The highest BCUT2D eigenvalue weighted by Crippen LogP contribution is 2.11. The maximum absolute atomic E-state index is 12.0. The molecule has 0 radical (unpaired) electrons. The summed E-state index contributed by atoms with van der Waals surface area (Å²) < 4.78 is 0. The van der Waals surface area contributed by atoms with Crippen molar-refractivity contribution in [2.45, 2.75) is 6.54 Å². The minimum Gasteiger partial charge on any atom is -0.478 e. The molecule has 6 heteroatoms. The fourth-order valence-corrected chi connectivity index (χ4v) is 1.88. The molecule has 1 heterocycles. The van der Waals surface area contributed by atoms with Crippen molar-refractivity contribution < 1.29 is 14.7 Å². The number of aromatic nitrogens is 1. The van der Waals surface area contributed by atoms with Gasteiger partial charge in [0, 0.05) is 17.8 Å². The van der Waals surface area contributed by atoms with Crippen LogP contribution in [0.3, 0.4) is 0 Å². The Morgan fingerprint density at radius 2 is 2.05 bits per heavy atom. The molecule has 20 heavy (non-hydrogen) atoms. The van der Waals surface area contributed by atoms with E-state index in [1.165, 1.54) is 18.3 Å². The Kier molecular flexibility index (Phi) is 4.32. The van der Waals surface area contributed by atoms with Crippen LogP contribution in [0, 0.1) is 0 Å². The molecule has 1 aromatic heterocycles. The Hall–Kier alpha value is -2.40. The quantitative estimate of drug-likeness (QED) is 0.906. The second-order valence-electron chi connectivity index (χ2n) is 4.02. The number of carboxylic acid groups (broad SMARTS) is 1. The van der Waals surface area contributed by atoms with Crippen LogP contribution in [0.2, 0.25) is 5.02 Å². The summed E-state index contributed by atoms with van der Waals surface area (Å²) in [5, 5.41) is 12.2. The second kappa shape index (κ2) is 6.16. The van der Waals surface area contributed by atoms with Gasteiger partial charge in [0.1, 0.15) is 5.69 Å². The third-order valence-electron chi connectivity index (χ3n) is 2.60. The molecule has 1 aromatic carbocycles. The van der Waals surface area contributed by atoms with Crippen LogP contribution < -0.4 is 5.32 Å². The molecule has 0 atom stereocenters. The van der Waals surface area contributed by atoms with Gasteiger partial charge in [-0.25, -0.2) is 4.79 Å². The number of nitrogens with zero attached hydrogens (tertiary/aromatic N) is 1. The third-order valence-corrected chi connectivity index (χ3v) is 2.83. The summed E-state index contributed by atoms with van der Waals surface area (Å²) in [6, 6.07) is 9.84. The van der Waals surface area contributed by atoms with Crippen molar-refractivity contribution in [3.63, 3.8) is 0 Å². The number of halogens is 1. The van der Waals surface area contributed by atoms with E-state index >= 15 is 0 Å². The van der Waals surface area contributed by atoms with Crippen molar-refractivity contribution in [3.05, 3.63) is 64.4 Å². The molecule has 0 bridgehead atoms. The number of carbonyl (C=O) groups is 2. The Labute approximate surface area is 120 Å². The highest BCUT2D eigenvalue weighted by molar-refractivity contribution is 6.30. The number of rotatable bonds is 4. The van der Waals surface area contributed by atoms with Crippen molar-refractivity contribution in [1.29, 1.82) is 0 Å². The highest BCUT2D eigenvalue weighted by Gasteiger charge is 2.17. The van der Waals surface area contributed by atoms with Crippen LogP contribution in [0.1, 0.15) is 26.4 Å². The molecule has 102 valence electrons. The molecular formula is C14H11ClN2O3. The lowest BCUT2D eigenvalue weighted by atomic mass is 10.1. The molecule has 0 aliphatic rings. The van der Waals surface area contributed by atoms with Gasteiger partial charge in [0.2, 0.25) is 0 Å². The van der Waals surface area contributed by atoms with Crippen LogP contribution in [-0.4, -0.2) is 22.0 Å². The Morgan fingerprint density at radius 3 is 2.75 bits per heavy atom. The van der Waals surface area contributed by atoms with Gasteiger partial charge in [0.05, 0.1) is 5.56 Å². The highest BCUT2D eigenvalue weighted by atomic mass is 35.5. The number of nitrogens with one attached hydrogen (secondary N) is 1. The van der Waals surface area contributed by atoms with Crippen LogP contribution >= 0.6 is 11.6 Å². The van der Waals surface area contributed by atoms with Crippen LogP contribution in [0.4, 0.5) is 0 Å². The summed E-state index contributed by atoms with van der Waals surface area (Å²) in [5.41, 5.74) is 0.580. The van der Waals surface area contributed by atoms with Crippen molar-refractivity contribution in [2.24, 2.45) is 0 Å². The first-order valence-electron chi connectivity index (χ1n) is 5.79. The SMILES string of the molecule is O=C(O)c1cccnc1C(=O)NCc1cccc(Cl)c1. The lowest BCUT2D eigenvalue weighted by molar-refractivity contribution is 0.0690. The van der Waals surface area contributed by atoms with E-state index in [-0.39, 0.29) is 17.8 Å². The van der Waals surface area contributed by atoms with Crippen LogP contribution in [0.15, 0.2) is 42.6 Å². The number of carboxylic acids is 1. The van der Waals surface area contributed by atoms with E-state index in [2.05, 4.69) is 10.3 Å². The standard InChI is InChI=1S/C14H11ClN2O3/c15-10-4-1-3-9(7-10)8-17-13(18)12-11(14(19)20)5-2-6-16-12/h1-7H,8H2,(H,17,18)(H,19,20). The van der Waals surface area contributed by atoms with Gasteiger partial charge in [-0.05, 0) is 29.8 Å². The first-order valence-corrected chi connectivity index (χ1v) is 6.16. The molecule has 0 aliphatic carbocycles.